The number of hydrogen-bond acceptors (Lipinski definition) is 6. The van der Waals surface area contributed by atoms with E-state index >= 15 is 0 Å². The van der Waals surface area contributed by atoms with Crippen LogP contribution in [0.3, 0.4) is 0 Å². The highest BCUT2D eigenvalue weighted by Crippen LogP contribution is 2.22. The maximum atomic E-state index is 12.2. The van der Waals surface area contributed by atoms with Gasteiger partial charge in [-0.1, -0.05) is 36.4 Å². The second-order valence-corrected chi connectivity index (χ2v) is 6.80. The van der Waals surface area contributed by atoms with E-state index < -0.39 is 23.9 Å². The topological polar surface area (TPSA) is 101 Å². The van der Waals surface area contributed by atoms with Crippen molar-refractivity contribution in [1.82, 2.24) is 4.57 Å². The zero-order valence-corrected chi connectivity index (χ0v) is 16.7. The predicted octanol–water partition coefficient (Wildman–Crippen LogP) is 2.76. The Bertz CT molecular complexity index is 1130. The number of rotatable bonds is 6. The summed E-state index contributed by atoms with van der Waals surface area (Å²) in [4.78, 5) is 35.4. The van der Waals surface area contributed by atoms with Gasteiger partial charge in [-0.3, -0.25) is 4.79 Å². The maximum Gasteiger partial charge on any atom is 0.338 e. The van der Waals surface area contributed by atoms with E-state index in [4.69, 9.17) is 15.2 Å². The van der Waals surface area contributed by atoms with Crippen molar-refractivity contribution < 1.29 is 23.9 Å². The van der Waals surface area contributed by atoms with Crippen LogP contribution in [0.4, 0.5) is 0 Å². The lowest BCUT2D eigenvalue weighted by Gasteiger charge is -2.09. The predicted molar refractivity (Wildman–Crippen MR) is 112 cm³/mol. The molecular weight excluding hydrogens is 384 g/mol. The Hall–Kier alpha value is -3.71. The van der Waals surface area contributed by atoms with E-state index in [-0.39, 0.29) is 6.42 Å². The molecule has 0 aliphatic rings. The molecule has 1 atom stereocenters. The van der Waals surface area contributed by atoms with Crippen molar-refractivity contribution in [1.29, 1.82) is 0 Å². The molecule has 154 valence electrons. The first-order valence-electron chi connectivity index (χ1n) is 9.35. The number of aromatic nitrogens is 1. The summed E-state index contributed by atoms with van der Waals surface area (Å²) in [5.41, 5.74) is 8.39. The molecule has 0 saturated heterocycles. The maximum absolute atomic E-state index is 12.2. The summed E-state index contributed by atoms with van der Waals surface area (Å²) in [5.74, 6) is -1.85. The van der Waals surface area contributed by atoms with Crippen molar-refractivity contribution in [2.45, 2.75) is 19.4 Å². The molecule has 2 aromatic carbocycles. The third-order valence-corrected chi connectivity index (χ3v) is 4.49. The third-order valence-electron chi connectivity index (χ3n) is 4.49. The summed E-state index contributed by atoms with van der Waals surface area (Å²) in [5, 5.41) is 0.997. The van der Waals surface area contributed by atoms with Crippen molar-refractivity contribution in [3.63, 3.8) is 0 Å². The number of esters is 3. The van der Waals surface area contributed by atoms with Crippen LogP contribution in [0.5, 0.6) is 5.75 Å². The lowest BCUT2D eigenvalue weighted by Crippen LogP contribution is -2.35. The van der Waals surface area contributed by atoms with E-state index in [0.717, 1.165) is 22.5 Å². The van der Waals surface area contributed by atoms with Crippen LogP contribution in [0.1, 0.15) is 18.1 Å². The van der Waals surface area contributed by atoms with E-state index in [0.29, 0.717) is 11.3 Å². The number of fused-ring (bicyclic) bond motifs is 1. The molecule has 0 fully saturated rings. The van der Waals surface area contributed by atoms with Crippen LogP contribution in [0, 0.1) is 0 Å². The Balaban J connectivity index is 1.63. The van der Waals surface area contributed by atoms with E-state index in [1.54, 1.807) is 24.3 Å². The van der Waals surface area contributed by atoms with Gasteiger partial charge in [0, 0.05) is 49.1 Å². The standard InChI is InChI=1S/C23H22N2O5/c1-15(26)29-21-10-6-3-7-16(21)11-12-22(27)30-23(28)19(24)13-17-14-25(2)20-9-5-4-8-18(17)20/h3-12,14,19H,13,24H2,1-2H3/t19-/m0/s1. The summed E-state index contributed by atoms with van der Waals surface area (Å²) >= 11 is 0. The monoisotopic (exact) mass is 406 g/mol. The minimum atomic E-state index is -0.985. The van der Waals surface area contributed by atoms with Gasteiger partial charge >= 0.3 is 17.9 Å². The van der Waals surface area contributed by atoms with Gasteiger partial charge in [-0.25, -0.2) is 9.59 Å². The fraction of sp³-hybridized carbons (Fsp3) is 0.174. The number of carbonyl (C=O) groups excluding carboxylic acids is 3. The minimum Gasteiger partial charge on any atom is -0.426 e. The van der Waals surface area contributed by atoms with Crippen LogP contribution in [-0.2, 0) is 32.6 Å². The summed E-state index contributed by atoms with van der Waals surface area (Å²) < 4.78 is 11.9. The average Bonchev–Trinajstić information content (AvgIpc) is 3.02. The lowest BCUT2D eigenvalue weighted by atomic mass is 10.1. The highest BCUT2D eigenvalue weighted by atomic mass is 16.6. The second kappa shape index (κ2) is 9.19. The highest BCUT2D eigenvalue weighted by molar-refractivity contribution is 5.97. The molecule has 3 aromatic rings. The first-order chi connectivity index (χ1) is 14.3. The fourth-order valence-electron chi connectivity index (χ4n) is 3.14. The van der Waals surface area contributed by atoms with Crippen LogP contribution < -0.4 is 10.5 Å². The van der Waals surface area contributed by atoms with E-state index in [9.17, 15) is 14.4 Å². The molecule has 30 heavy (non-hydrogen) atoms. The molecule has 0 bridgehead atoms. The summed E-state index contributed by atoms with van der Waals surface area (Å²) in [6.07, 6.45) is 4.65. The first-order valence-corrected chi connectivity index (χ1v) is 9.35. The van der Waals surface area contributed by atoms with Crippen LogP contribution in [0.2, 0.25) is 0 Å². The van der Waals surface area contributed by atoms with Crippen LogP contribution in [0.15, 0.2) is 60.8 Å². The zero-order chi connectivity index (χ0) is 21.7. The van der Waals surface area contributed by atoms with Crippen LogP contribution in [0.25, 0.3) is 17.0 Å². The summed E-state index contributed by atoms with van der Waals surface area (Å²) in [6, 6.07) is 13.5. The Kier molecular flexibility index (Phi) is 6.44. The molecule has 0 aliphatic heterocycles. The van der Waals surface area contributed by atoms with Crippen molar-refractivity contribution in [2.75, 3.05) is 0 Å². The molecule has 0 aliphatic carbocycles. The molecule has 1 heterocycles. The van der Waals surface area contributed by atoms with Gasteiger partial charge in [0.25, 0.3) is 0 Å². The van der Waals surface area contributed by atoms with Crippen molar-refractivity contribution in [2.24, 2.45) is 12.8 Å². The van der Waals surface area contributed by atoms with Gasteiger partial charge in [-0.2, -0.15) is 0 Å². The Labute approximate surface area is 173 Å². The molecule has 0 radical (unpaired) electrons. The minimum absolute atomic E-state index is 0.243. The summed E-state index contributed by atoms with van der Waals surface area (Å²) in [6.45, 7) is 1.28. The molecule has 0 unspecified atom stereocenters. The Morgan fingerprint density at radius 1 is 1.10 bits per heavy atom. The van der Waals surface area contributed by atoms with Crippen LogP contribution in [-0.4, -0.2) is 28.5 Å². The molecule has 0 spiro atoms. The SMILES string of the molecule is CC(=O)Oc1ccccc1C=CC(=O)OC(=O)[C@@H](N)Cc1cn(C)c2ccccc12. The smallest absolute Gasteiger partial charge is 0.338 e. The van der Waals surface area contributed by atoms with Gasteiger partial charge < -0.3 is 19.8 Å². The van der Waals surface area contributed by atoms with Crippen molar-refractivity contribution in [3.05, 3.63) is 71.9 Å². The summed E-state index contributed by atoms with van der Waals surface area (Å²) in [7, 11) is 1.91. The Morgan fingerprint density at radius 3 is 2.57 bits per heavy atom. The first kappa shape index (κ1) is 21.0. The number of nitrogens with two attached hydrogens (primary N) is 1. The number of aryl methyl sites for hydroxylation is 1. The number of para-hydroxylation sites is 2. The van der Waals surface area contributed by atoms with Crippen molar-refractivity contribution >= 4 is 34.9 Å². The number of ether oxygens (including phenoxy) is 2. The van der Waals surface area contributed by atoms with Gasteiger partial charge in [0.05, 0.1) is 0 Å². The van der Waals surface area contributed by atoms with Crippen molar-refractivity contribution in [3.8, 4) is 5.75 Å². The quantitative estimate of drug-likeness (QED) is 0.292. The molecule has 0 saturated carbocycles. The fourth-order valence-corrected chi connectivity index (χ4v) is 3.14. The Morgan fingerprint density at radius 2 is 1.80 bits per heavy atom. The molecule has 0 amide bonds. The largest absolute Gasteiger partial charge is 0.426 e. The van der Waals surface area contributed by atoms with Gasteiger partial charge in [-0.15, -0.1) is 0 Å². The average molecular weight is 406 g/mol. The van der Waals surface area contributed by atoms with Crippen LogP contribution >= 0.6 is 0 Å². The molecule has 2 N–H and O–H groups in total. The molecule has 7 heteroatoms. The van der Waals surface area contributed by atoms with E-state index in [1.807, 2.05) is 42.1 Å². The molecule has 3 rings (SSSR count). The number of nitrogens with zero attached hydrogens (tertiary/aromatic N) is 1. The van der Waals surface area contributed by atoms with Gasteiger partial charge in [0.2, 0.25) is 0 Å². The van der Waals surface area contributed by atoms with Gasteiger partial charge in [-0.05, 0) is 23.8 Å². The van der Waals surface area contributed by atoms with E-state index in [1.165, 1.54) is 13.0 Å². The van der Waals surface area contributed by atoms with Gasteiger partial charge in [0.1, 0.15) is 11.8 Å². The molecule has 7 nitrogen and oxygen atoms in total. The molecular formula is C23H22N2O5. The zero-order valence-electron chi connectivity index (χ0n) is 16.7. The number of hydrogen-bond donors (Lipinski definition) is 1. The van der Waals surface area contributed by atoms with Gasteiger partial charge in [0.15, 0.2) is 0 Å². The normalized spacial score (nSPS) is 12.1. The number of benzene rings is 2. The molecule has 1 aromatic heterocycles. The number of carbonyl (C=O) groups is 3. The highest BCUT2D eigenvalue weighted by Gasteiger charge is 2.20. The van der Waals surface area contributed by atoms with E-state index in [2.05, 4.69) is 0 Å². The third kappa shape index (κ3) is 5.01. The lowest BCUT2D eigenvalue weighted by molar-refractivity contribution is -0.157. The second-order valence-electron chi connectivity index (χ2n) is 6.80.